The number of hydrogen-bond donors (Lipinski definition) is 0. The molecular weight excluding hydrogens is 466 g/mol. The number of carbonyl (C=O) groups is 2. The highest BCUT2D eigenvalue weighted by Crippen LogP contribution is 2.42. The number of hydrogen-bond acceptors (Lipinski definition) is 8. The highest BCUT2D eigenvalue weighted by molar-refractivity contribution is 6.14. The van der Waals surface area contributed by atoms with E-state index < -0.39 is 5.54 Å². The predicted octanol–water partition coefficient (Wildman–Crippen LogP) is 3.45. The van der Waals surface area contributed by atoms with Gasteiger partial charge < -0.3 is 14.7 Å². The standard InChI is InChI=1S/C28H29N7O2/c1-18-16-33(10-11-34(18)19(2)36)27-31-14-22(15-32-27)20-7-8-23-25(12-20)35(28(3,4)26(23)37)17-21-6-5-9-30-24(21)13-29/h5-9,12,14-15,18H,10-11,16-17H2,1-4H3/t18-/m1/s1. The minimum atomic E-state index is -0.761. The van der Waals surface area contributed by atoms with E-state index in [9.17, 15) is 14.9 Å². The molecule has 0 bridgehead atoms. The van der Waals surface area contributed by atoms with Gasteiger partial charge in [0.1, 0.15) is 11.8 Å². The van der Waals surface area contributed by atoms with Crippen LogP contribution in [0.15, 0.2) is 48.9 Å². The molecule has 9 heteroatoms. The highest BCUT2D eigenvalue weighted by Gasteiger charge is 2.44. The third-order valence-corrected chi connectivity index (χ3v) is 7.38. The van der Waals surface area contributed by atoms with Gasteiger partial charge in [0.2, 0.25) is 11.9 Å². The molecule has 2 aromatic heterocycles. The van der Waals surface area contributed by atoms with E-state index in [1.165, 1.54) is 0 Å². The molecule has 0 aliphatic carbocycles. The molecule has 5 rings (SSSR count). The molecule has 0 N–H and O–H groups in total. The van der Waals surface area contributed by atoms with Crippen LogP contribution in [0.5, 0.6) is 0 Å². The van der Waals surface area contributed by atoms with Gasteiger partial charge >= 0.3 is 0 Å². The van der Waals surface area contributed by atoms with Crippen LogP contribution in [0.25, 0.3) is 11.1 Å². The zero-order chi connectivity index (χ0) is 26.3. The van der Waals surface area contributed by atoms with Crippen molar-refractivity contribution in [3.63, 3.8) is 0 Å². The maximum absolute atomic E-state index is 13.3. The van der Waals surface area contributed by atoms with E-state index in [2.05, 4.69) is 25.9 Å². The van der Waals surface area contributed by atoms with Crippen LogP contribution in [0.1, 0.15) is 49.3 Å². The van der Waals surface area contributed by atoms with E-state index in [1.54, 1.807) is 31.6 Å². The van der Waals surface area contributed by atoms with Crippen LogP contribution in [-0.2, 0) is 11.3 Å². The topological polar surface area (TPSA) is 106 Å². The van der Waals surface area contributed by atoms with Crippen molar-refractivity contribution in [3.8, 4) is 17.2 Å². The fraction of sp³-hybridized carbons (Fsp3) is 0.357. The Balaban J connectivity index is 1.42. The van der Waals surface area contributed by atoms with Crippen LogP contribution >= 0.6 is 0 Å². The molecule has 2 aliphatic rings. The third kappa shape index (κ3) is 4.29. The van der Waals surface area contributed by atoms with E-state index in [1.807, 2.05) is 54.8 Å². The van der Waals surface area contributed by atoms with Gasteiger partial charge in [0.25, 0.3) is 0 Å². The molecule has 2 aliphatic heterocycles. The van der Waals surface area contributed by atoms with Crippen molar-refractivity contribution in [2.45, 2.75) is 45.8 Å². The van der Waals surface area contributed by atoms with Gasteiger partial charge in [0, 0.05) is 80.1 Å². The Morgan fingerprint density at radius 3 is 2.57 bits per heavy atom. The van der Waals surface area contributed by atoms with Gasteiger partial charge in [0.05, 0.1) is 5.54 Å². The number of nitrogens with zero attached hydrogens (tertiary/aromatic N) is 7. The number of rotatable bonds is 4. The Morgan fingerprint density at radius 2 is 1.89 bits per heavy atom. The number of anilines is 2. The number of benzene rings is 1. The fourth-order valence-electron chi connectivity index (χ4n) is 5.24. The lowest BCUT2D eigenvalue weighted by Crippen LogP contribution is -2.53. The van der Waals surface area contributed by atoms with E-state index in [0.29, 0.717) is 43.4 Å². The molecule has 1 fully saturated rings. The second-order valence-electron chi connectivity index (χ2n) is 10.1. The SMILES string of the molecule is CC(=O)N1CCN(c2ncc(-c3ccc4c(c3)N(Cc3cccnc3C#N)C(C)(C)C4=O)cn2)C[C@H]1C. The van der Waals surface area contributed by atoms with Gasteiger partial charge in [-0.05, 0) is 44.5 Å². The third-order valence-electron chi connectivity index (χ3n) is 7.38. The molecule has 1 aromatic carbocycles. The lowest BCUT2D eigenvalue weighted by Gasteiger charge is -2.39. The van der Waals surface area contributed by atoms with Crippen molar-refractivity contribution in [1.29, 1.82) is 5.26 Å². The van der Waals surface area contributed by atoms with Gasteiger partial charge in [-0.2, -0.15) is 5.26 Å². The normalized spacial score (nSPS) is 18.5. The number of fused-ring (bicyclic) bond motifs is 1. The van der Waals surface area contributed by atoms with Gasteiger partial charge in [-0.15, -0.1) is 0 Å². The summed E-state index contributed by atoms with van der Waals surface area (Å²) in [5, 5.41) is 9.50. The molecule has 9 nitrogen and oxygen atoms in total. The average molecular weight is 496 g/mol. The molecule has 0 spiro atoms. The minimum Gasteiger partial charge on any atom is -0.354 e. The van der Waals surface area contributed by atoms with E-state index in [4.69, 9.17) is 0 Å². The monoisotopic (exact) mass is 495 g/mol. The molecule has 0 unspecified atom stereocenters. The van der Waals surface area contributed by atoms with Crippen molar-refractivity contribution in [2.75, 3.05) is 29.4 Å². The number of amides is 1. The maximum atomic E-state index is 13.3. The molecule has 0 radical (unpaired) electrons. The largest absolute Gasteiger partial charge is 0.354 e. The maximum Gasteiger partial charge on any atom is 0.225 e. The number of piperazine rings is 1. The molecule has 1 atom stereocenters. The van der Waals surface area contributed by atoms with Gasteiger partial charge in [0.15, 0.2) is 5.78 Å². The quantitative estimate of drug-likeness (QED) is 0.542. The smallest absolute Gasteiger partial charge is 0.225 e. The van der Waals surface area contributed by atoms with E-state index in [-0.39, 0.29) is 17.7 Å². The second kappa shape index (κ2) is 9.28. The Hall–Kier alpha value is -4.32. The Labute approximate surface area is 216 Å². The van der Waals surface area contributed by atoms with Gasteiger partial charge in [-0.25, -0.2) is 15.0 Å². The zero-order valence-electron chi connectivity index (χ0n) is 21.5. The first-order valence-electron chi connectivity index (χ1n) is 12.4. The van der Waals surface area contributed by atoms with Crippen LogP contribution < -0.4 is 9.80 Å². The summed E-state index contributed by atoms with van der Waals surface area (Å²) in [6.07, 6.45) is 5.20. The Bertz CT molecular complexity index is 1410. The molecular formula is C28H29N7O2. The summed E-state index contributed by atoms with van der Waals surface area (Å²) in [6, 6.07) is 11.7. The molecule has 188 valence electrons. The number of pyridine rings is 1. The predicted molar refractivity (Wildman–Crippen MR) is 140 cm³/mol. The first kappa shape index (κ1) is 24.4. The number of carbonyl (C=O) groups excluding carboxylic acids is 2. The van der Waals surface area contributed by atoms with Gasteiger partial charge in [-0.3, -0.25) is 9.59 Å². The van der Waals surface area contributed by atoms with E-state index >= 15 is 0 Å². The van der Waals surface area contributed by atoms with E-state index in [0.717, 1.165) is 22.4 Å². The number of ketones is 1. The number of nitriles is 1. The first-order chi connectivity index (χ1) is 17.7. The molecule has 1 saturated heterocycles. The summed E-state index contributed by atoms with van der Waals surface area (Å²) in [6.45, 7) is 9.86. The molecule has 1 amide bonds. The zero-order valence-corrected chi connectivity index (χ0v) is 21.5. The van der Waals surface area contributed by atoms with Crippen molar-refractivity contribution in [1.82, 2.24) is 19.9 Å². The van der Waals surface area contributed by atoms with Crippen LogP contribution in [0.4, 0.5) is 11.6 Å². The summed E-state index contributed by atoms with van der Waals surface area (Å²) in [4.78, 5) is 44.5. The van der Waals surface area contributed by atoms with Crippen LogP contribution in [0, 0.1) is 11.3 Å². The van der Waals surface area contributed by atoms with Crippen LogP contribution in [-0.4, -0.2) is 62.8 Å². The Kier molecular flexibility index (Phi) is 6.12. The summed E-state index contributed by atoms with van der Waals surface area (Å²) < 4.78 is 0. The molecule has 3 aromatic rings. The van der Waals surface area contributed by atoms with Crippen LogP contribution in [0.3, 0.4) is 0 Å². The lowest BCUT2D eigenvalue weighted by molar-refractivity contribution is -0.131. The van der Waals surface area contributed by atoms with Crippen molar-refractivity contribution in [3.05, 3.63) is 65.7 Å². The van der Waals surface area contributed by atoms with Crippen molar-refractivity contribution >= 4 is 23.3 Å². The van der Waals surface area contributed by atoms with Crippen molar-refractivity contribution < 1.29 is 9.59 Å². The summed E-state index contributed by atoms with van der Waals surface area (Å²) in [5.41, 5.74) is 3.60. The molecule has 4 heterocycles. The first-order valence-corrected chi connectivity index (χ1v) is 12.4. The summed E-state index contributed by atoms with van der Waals surface area (Å²) in [7, 11) is 0. The average Bonchev–Trinajstić information content (AvgIpc) is 3.08. The molecule has 37 heavy (non-hydrogen) atoms. The highest BCUT2D eigenvalue weighted by atomic mass is 16.2. The van der Waals surface area contributed by atoms with Crippen LogP contribution in [0.2, 0.25) is 0 Å². The lowest BCUT2D eigenvalue weighted by atomic mass is 9.96. The fourth-order valence-corrected chi connectivity index (χ4v) is 5.24. The Morgan fingerprint density at radius 1 is 1.14 bits per heavy atom. The summed E-state index contributed by atoms with van der Waals surface area (Å²) >= 11 is 0. The molecule has 0 saturated carbocycles. The second-order valence-corrected chi connectivity index (χ2v) is 10.1. The van der Waals surface area contributed by atoms with Gasteiger partial charge in [-0.1, -0.05) is 12.1 Å². The number of Topliss-reactive ketones (excluding diaryl/α,β-unsaturated/α-hetero) is 1. The summed E-state index contributed by atoms with van der Waals surface area (Å²) in [5.74, 6) is 0.767. The van der Waals surface area contributed by atoms with Crippen molar-refractivity contribution in [2.24, 2.45) is 0 Å². The number of aromatic nitrogens is 3. The minimum absolute atomic E-state index is 0.0434.